The van der Waals surface area contributed by atoms with Gasteiger partial charge in [0.2, 0.25) is 17.8 Å². The second kappa shape index (κ2) is 13.6. The average Bonchev–Trinajstić information content (AvgIpc) is 2.70. The van der Waals surface area contributed by atoms with Gasteiger partial charge in [0.25, 0.3) is 0 Å². The van der Waals surface area contributed by atoms with Gasteiger partial charge in [-0.3, -0.25) is 4.98 Å². The summed E-state index contributed by atoms with van der Waals surface area (Å²) in [5.74, 6) is 1.53. The summed E-state index contributed by atoms with van der Waals surface area (Å²) in [7, 11) is 0. The average molecular weight is 405 g/mol. The zero-order valence-electron chi connectivity index (χ0n) is 17.2. The van der Waals surface area contributed by atoms with E-state index in [0.29, 0.717) is 63.9 Å². The molecule has 29 heavy (non-hydrogen) atoms. The van der Waals surface area contributed by atoms with Gasteiger partial charge in [-0.1, -0.05) is 6.07 Å². The number of ether oxygens (including phenoxy) is 2. The fraction of sp³-hybridized carbons (Fsp3) is 0.579. The highest BCUT2D eigenvalue weighted by Gasteiger charge is 2.07. The molecule has 0 saturated heterocycles. The Balaban J connectivity index is 1.81. The standard InChI is InChI=1S/C19H32N8O2/c1-15(2)24-19-26-17(22-9-6-16-5-3-4-8-21-16)25-18(27-19)23-10-12-29-14-13-28-11-7-20/h3-5,8,15H,6-7,9-14,20H2,1-2H3,(H3,22,23,24,25,26,27). The van der Waals surface area contributed by atoms with E-state index in [4.69, 9.17) is 15.2 Å². The smallest absolute Gasteiger partial charge is 0.229 e. The van der Waals surface area contributed by atoms with Crippen molar-refractivity contribution in [1.29, 1.82) is 0 Å². The van der Waals surface area contributed by atoms with Crippen LogP contribution in [0.5, 0.6) is 0 Å². The Labute approximate surface area is 172 Å². The number of anilines is 3. The maximum atomic E-state index is 5.50. The first-order valence-corrected chi connectivity index (χ1v) is 9.93. The first-order valence-electron chi connectivity index (χ1n) is 9.93. The molecule has 10 heteroatoms. The van der Waals surface area contributed by atoms with E-state index in [1.54, 1.807) is 6.20 Å². The van der Waals surface area contributed by atoms with Gasteiger partial charge in [0.05, 0.1) is 26.4 Å². The van der Waals surface area contributed by atoms with Crippen LogP contribution in [0, 0.1) is 0 Å². The van der Waals surface area contributed by atoms with Gasteiger partial charge in [-0.2, -0.15) is 15.0 Å². The first-order chi connectivity index (χ1) is 14.2. The molecule has 0 aromatic carbocycles. The van der Waals surface area contributed by atoms with Gasteiger partial charge in [0.1, 0.15) is 0 Å². The van der Waals surface area contributed by atoms with Crippen molar-refractivity contribution in [3.63, 3.8) is 0 Å². The lowest BCUT2D eigenvalue weighted by atomic mass is 10.3. The molecule has 0 saturated carbocycles. The van der Waals surface area contributed by atoms with Crippen LogP contribution in [0.25, 0.3) is 0 Å². The lowest BCUT2D eigenvalue weighted by molar-refractivity contribution is 0.0547. The number of nitrogens with two attached hydrogens (primary N) is 1. The molecule has 2 heterocycles. The molecule has 2 rings (SSSR count). The monoisotopic (exact) mass is 404 g/mol. The molecule has 0 spiro atoms. The van der Waals surface area contributed by atoms with Crippen LogP contribution in [0.4, 0.5) is 17.8 Å². The van der Waals surface area contributed by atoms with Gasteiger partial charge in [-0.25, -0.2) is 0 Å². The molecule has 0 bridgehead atoms. The van der Waals surface area contributed by atoms with E-state index in [9.17, 15) is 0 Å². The molecule has 0 aliphatic heterocycles. The van der Waals surface area contributed by atoms with E-state index in [0.717, 1.165) is 12.1 Å². The summed E-state index contributed by atoms with van der Waals surface area (Å²) in [5, 5.41) is 9.62. The van der Waals surface area contributed by atoms with Gasteiger partial charge in [0.15, 0.2) is 0 Å². The Bertz CT molecular complexity index is 687. The third-order valence-electron chi connectivity index (χ3n) is 3.61. The molecule has 0 unspecified atom stereocenters. The normalized spacial score (nSPS) is 10.9. The number of pyridine rings is 1. The van der Waals surface area contributed by atoms with Crippen molar-refractivity contribution < 1.29 is 9.47 Å². The van der Waals surface area contributed by atoms with Crippen LogP contribution in [-0.2, 0) is 15.9 Å². The molecule has 2 aromatic rings. The second-order valence-electron chi connectivity index (χ2n) is 6.54. The number of hydrogen-bond donors (Lipinski definition) is 4. The Morgan fingerprint density at radius 1 is 0.897 bits per heavy atom. The van der Waals surface area contributed by atoms with Crippen molar-refractivity contribution in [2.45, 2.75) is 26.3 Å². The molecule has 0 aliphatic carbocycles. The van der Waals surface area contributed by atoms with Crippen molar-refractivity contribution in [2.24, 2.45) is 5.73 Å². The number of hydrogen-bond acceptors (Lipinski definition) is 10. The number of rotatable bonds is 15. The number of nitrogens with zero attached hydrogens (tertiary/aromatic N) is 4. The van der Waals surface area contributed by atoms with Crippen molar-refractivity contribution >= 4 is 17.8 Å². The molecule has 2 aromatic heterocycles. The van der Waals surface area contributed by atoms with Crippen LogP contribution in [0.15, 0.2) is 24.4 Å². The number of nitrogens with one attached hydrogen (secondary N) is 3. The lowest BCUT2D eigenvalue weighted by Crippen LogP contribution is -2.19. The number of aromatic nitrogens is 4. The minimum Gasteiger partial charge on any atom is -0.378 e. The maximum Gasteiger partial charge on any atom is 0.229 e. The molecule has 0 aliphatic rings. The highest BCUT2D eigenvalue weighted by atomic mass is 16.5. The molecule has 0 fully saturated rings. The summed E-state index contributed by atoms with van der Waals surface area (Å²) in [6.07, 6.45) is 2.57. The lowest BCUT2D eigenvalue weighted by Gasteiger charge is -2.13. The van der Waals surface area contributed by atoms with Crippen LogP contribution in [0.2, 0.25) is 0 Å². The summed E-state index contributed by atoms with van der Waals surface area (Å²) in [4.78, 5) is 17.6. The van der Waals surface area contributed by atoms with Gasteiger partial charge in [0, 0.05) is 44.0 Å². The Kier molecular flexibility index (Phi) is 10.6. The van der Waals surface area contributed by atoms with Crippen molar-refractivity contribution in [2.75, 3.05) is 62.0 Å². The van der Waals surface area contributed by atoms with Crippen LogP contribution < -0.4 is 21.7 Å². The van der Waals surface area contributed by atoms with Gasteiger partial charge in [-0.15, -0.1) is 0 Å². The predicted molar refractivity (Wildman–Crippen MR) is 114 cm³/mol. The van der Waals surface area contributed by atoms with E-state index in [-0.39, 0.29) is 6.04 Å². The van der Waals surface area contributed by atoms with E-state index >= 15 is 0 Å². The molecule has 5 N–H and O–H groups in total. The van der Waals surface area contributed by atoms with Crippen LogP contribution >= 0.6 is 0 Å². The van der Waals surface area contributed by atoms with Crippen molar-refractivity contribution in [3.8, 4) is 0 Å². The summed E-state index contributed by atoms with van der Waals surface area (Å²) < 4.78 is 10.8. The predicted octanol–water partition coefficient (Wildman–Crippen LogP) is 1.15. The van der Waals surface area contributed by atoms with Gasteiger partial charge < -0.3 is 31.2 Å². The summed E-state index contributed by atoms with van der Waals surface area (Å²) in [6, 6.07) is 6.09. The second-order valence-corrected chi connectivity index (χ2v) is 6.54. The van der Waals surface area contributed by atoms with E-state index in [1.165, 1.54) is 0 Å². The maximum absolute atomic E-state index is 5.50. The molecular weight excluding hydrogens is 372 g/mol. The highest BCUT2D eigenvalue weighted by molar-refractivity contribution is 5.42. The largest absolute Gasteiger partial charge is 0.378 e. The zero-order valence-corrected chi connectivity index (χ0v) is 17.2. The molecule has 160 valence electrons. The SMILES string of the molecule is CC(C)Nc1nc(NCCOCCOCCN)nc(NCCc2ccccn2)n1. The molecular formula is C19H32N8O2. The molecule has 0 amide bonds. The van der Waals surface area contributed by atoms with Crippen molar-refractivity contribution in [1.82, 2.24) is 19.9 Å². The Morgan fingerprint density at radius 3 is 2.24 bits per heavy atom. The first kappa shape index (κ1) is 22.7. The minimum atomic E-state index is 0.212. The Morgan fingerprint density at radius 2 is 1.59 bits per heavy atom. The fourth-order valence-corrected chi connectivity index (χ4v) is 2.35. The molecule has 0 atom stereocenters. The van der Waals surface area contributed by atoms with Crippen molar-refractivity contribution in [3.05, 3.63) is 30.1 Å². The summed E-state index contributed by atoms with van der Waals surface area (Å²) in [5.41, 5.74) is 6.38. The molecule has 0 radical (unpaired) electrons. The van der Waals surface area contributed by atoms with E-state index < -0.39 is 0 Å². The van der Waals surface area contributed by atoms with E-state index in [2.05, 4.69) is 35.9 Å². The Hall–Kier alpha value is -2.56. The highest BCUT2D eigenvalue weighted by Crippen LogP contribution is 2.10. The summed E-state index contributed by atoms with van der Waals surface area (Å²) in [6.45, 7) is 7.97. The molecule has 10 nitrogen and oxygen atoms in total. The van der Waals surface area contributed by atoms with Crippen LogP contribution in [0.1, 0.15) is 19.5 Å². The van der Waals surface area contributed by atoms with Crippen LogP contribution in [-0.4, -0.2) is 72.0 Å². The van der Waals surface area contributed by atoms with Gasteiger partial charge >= 0.3 is 0 Å². The summed E-state index contributed by atoms with van der Waals surface area (Å²) >= 11 is 0. The quantitative estimate of drug-likeness (QED) is 0.320. The third kappa shape index (κ3) is 9.97. The van der Waals surface area contributed by atoms with Gasteiger partial charge in [-0.05, 0) is 26.0 Å². The minimum absolute atomic E-state index is 0.212. The topological polar surface area (TPSA) is 132 Å². The van der Waals surface area contributed by atoms with Crippen LogP contribution in [0.3, 0.4) is 0 Å². The van der Waals surface area contributed by atoms with E-state index in [1.807, 2.05) is 32.0 Å². The fourth-order valence-electron chi connectivity index (χ4n) is 2.35. The zero-order chi connectivity index (χ0) is 20.7. The third-order valence-corrected chi connectivity index (χ3v) is 3.61.